The second kappa shape index (κ2) is 5.68. The average molecular weight is 384 g/mol. The molecule has 1 atom stereocenters. The Morgan fingerprint density at radius 1 is 1.33 bits per heavy atom. The van der Waals surface area contributed by atoms with Crippen LogP contribution in [-0.2, 0) is 16.3 Å². The summed E-state index contributed by atoms with van der Waals surface area (Å²) in [6, 6.07) is 0. The number of halogens is 1. The smallest absolute Gasteiger partial charge is 0.264 e. The lowest BCUT2D eigenvalue weighted by molar-refractivity contribution is 0.586. The zero-order valence-electron chi connectivity index (χ0n) is 10.8. The number of aromatic amines is 1. The van der Waals surface area contributed by atoms with E-state index >= 15 is 0 Å². The number of aromatic nitrogens is 2. The van der Waals surface area contributed by atoms with Crippen LogP contribution in [0.2, 0.25) is 0 Å². The Kier molecular flexibility index (Phi) is 4.93. The van der Waals surface area contributed by atoms with Gasteiger partial charge in [-0.3, -0.25) is 4.79 Å². The molecule has 5 nitrogen and oxygen atoms in total. The fourth-order valence-electron chi connectivity index (χ4n) is 1.44. The number of hydrogen-bond donors (Lipinski definition) is 1. The standard InChI is InChI=1S/C11H17IN2O3S/c1-6(2)5-8-9(12)11(15)14-10(13-8)7(3)18(4,16)17/h6-7H,5H2,1-4H3,(H,13,14,15). The fraction of sp³-hybridized carbons (Fsp3) is 0.636. The van der Waals surface area contributed by atoms with E-state index in [2.05, 4.69) is 9.97 Å². The molecule has 0 aromatic carbocycles. The second-order valence-corrected chi connectivity index (χ2v) is 8.23. The highest BCUT2D eigenvalue weighted by Crippen LogP contribution is 2.18. The van der Waals surface area contributed by atoms with Crippen molar-refractivity contribution in [3.8, 4) is 0 Å². The maximum absolute atomic E-state index is 11.8. The zero-order valence-corrected chi connectivity index (χ0v) is 13.8. The summed E-state index contributed by atoms with van der Waals surface area (Å²) in [4.78, 5) is 18.6. The minimum absolute atomic E-state index is 0.221. The van der Waals surface area contributed by atoms with Crippen molar-refractivity contribution in [2.75, 3.05) is 6.26 Å². The van der Waals surface area contributed by atoms with E-state index in [1.54, 1.807) is 0 Å². The first-order valence-corrected chi connectivity index (χ1v) is 8.63. The molecule has 1 aromatic rings. The van der Waals surface area contributed by atoms with Crippen molar-refractivity contribution < 1.29 is 8.42 Å². The first-order valence-electron chi connectivity index (χ1n) is 5.60. The highest BCUT2D eigenvalue weighted by atomic mass is 127. The molecule has 0 saturated carbocycles. The monoisotopic (exact) mass is 384 g/mol. The van der Waals surface area contributed by atoms with Gasteiger partial charge in [-0.2, -0.15) is 0 Å². The van der Waals surface area contributed by atoms with Crippen molar-refractivity contribution in [2.24, 2.45) is 5.92 Å². The van der Waals surface area contributed by atoms with Gasteiger partial charge < -0.3 is 4.98 Å². The van der Waals surface area contributed by atoms with Crippen LogP contribution in [0.3, 0.4) is 0 Å². The molecule has 1 rings (SSSR count). The van der Waals surface area contributed by atoms with Gasteiger partial charge in [0, 0.05) is 6.26 Å². The quantitative estimate of drug-likeness (QED) is 0.802. The molecule has 0 aliphatic carbocycles. The van der Waals surface area contributed by atoms with E-state index < -0.39 is 15.1 Å². The van der Waals surface area contributed by atoms with Crippen molar-refractivity contribution in [3.05, 3.63) is 25.4 Å². The Labute approximate surface area is 120 Å². The molecule has 0 aliphatic heterocycles. The van der Waals surface area contributed by atoms with Crippen LogP contribution in [0, 0.1) is 9.49 Å². The van der Waals surface area contributed by atoms with Gasteiger partial charge in [0.2, 0.25) is 0 Å². The molecule has 0 radical (unpaired) electrons. The van der Waals surface area contributed by atoms with Gasteiger partial charge in [0.05, 0.1) is 9.26 Å². The summed E-state index contributed by atoms with van der Waals surface area (Å²) in [5, 5.41) is -0.798. The summed E-state index contributed by atoms with van der Waals surface area (Å²) < 4.78 is 23.5. The number of hydrogen-bond acceptors (Lipinski definition) is 4. The van der Waals surface area contributed by atoms with Crippen molar-refractivity contribution in [2.45, 2.75) is 32.4 Å². The van der Waals surface area contributed by atoms with E-state index in [4.69, 9.17) is 0 Å². The topological polar surface area (TPSA) is 79.9 Å². The summed E-state index contributed by atoms with van der Waals surface area (Å²) in [6.07, 6.45) is 1.80. The Morgan fingerprint density at radius 3 is 2.33 bits per heavy atom. The van der Waals surface area contributed by atoms with Crippen molar-refractivity contribution in [3.63, 3.8) is 0 Å². The predicted octanol–water partition coefficient (Wildman–Crippen LogP) is 1.68. The second-order valence-electron chi connectivity index (χ2n) is 4.78. The molecule has 0 fully saturated rings. The summed E-state index contributed by atoms with van der Waals surface area (Å²) in [7, 11) is -3.27. The Bertz CT molecular complexity index is 593. The predicted molar refractivity (Wildman–Crippen MR) is 79.4 cm³/mol. The lowest BCUT2D eigenvalue weighted by Gasteiger charge is -2.12. The lowest BCUT2D eigenvalue weighted by atomic mass is 10.1. The summed E-state index contributed by atoms with van der Waals surface area (Å²) in [5.41, 5.74) is 0.395. The molecule has 102 valence electrons. The van der Waals surface area contributed by atoms with E-state index in [0.29, 0.717) is 21.6 Å². The average Bonchev–Trinajstić information content (AvgIpc) is 2.21. The van der Waals surface area contributed by atoms with E-state index in [-0.39, 0.29) is 11.4 Å². The SMILES string of the molecule is CC(C)Cc1nc(C(C)S(C)(=O)=O)[nH]c(=O)c1I. The first kappa shape index (κ1) is 15.6. The molecule has 0 amide bonds. The largest absolute Gasteiger partial charge is 0.309 e. The molecular formula is C11H17IN2O3S. The van der Waals surface area contributed by atoms with Crippen LogP contribution in [0.25, 0.3) is 0 Å². The third kappa shape index (κ3) is 3.78. The molecule has 1 aromatic heterocycles. The van der Waals surface area contributed by atoms with E-state index in [1.165, 1.54) is 6.92 Å². The van der Waals surface area contributed by atoms with Crippen LogP contribution < -0.4 is 5.56 Å². The molecule has 18 heavy (non-hydrogen) atoms. The van der Waals surface area contributed by atoms with Gasteiger partial charge >= 0.3 is 0 Å². The molecule has 0 saturated heterocycles. The van der Waals surface area contributed by atoms with Gasteiger partial charge in [-0.25, -0.2) is 13.4 Å². The molecule has 0 spiro atoms. The van der Waals surface area contributed by atoms with Crippen LogP contribution in [0.4, 0.5) is 0 Å². The number of nitrogens with one attached hydrogen (secondary N) is 1. The third-order valence-corrected chi connectivity index (χ3v) is 5.20. The molecular weight excluding hydrogens is 367 g/mol. The summed E-state index contributed by atoms with van der Waals surface area (Å²) in [6.45, 7) is 5.58. The maximum atomic E-state index is 11.8. The maximum Gasteiger partial charge on any atom is 0.264 e. The summed E-state index contributed by atoms with van der Waals surface area (Å²) >= 11 is 1.94. The molecule has 0 aliphatic rings. The van der Waals surface area contributed by atoms with Gasteiger partial charge in [0.15, 0.2) is 9.84 Å². The van der Waals surface area contributed by atoms with Crippen LogP contribution in [-0.4, -0.2) is 24.6 Å². The molecule has 7 heteroatoms. The van der Waals surface area contributed by atoms with Gasteiger partial charge in [0.25, 0.3) is 5.56 Å². The fourth-order valence-corrected chi connectivity index (χ4v) is 2.43. The number of rotatable bonds is 4. The van der Waals surface area contributed by atoms with E-state index in [1.807, 2.05) is 36.4 Å². The minimum atomic E-state index is -3.27. The number of nitrogens with zero attached hydrogens (tertiary/aromatic N) is 1. The number of H-pyrrole nitrogens is 1. The zero-order chi connectivity index (χ0) is 14.1. The van der Waals surface area contributed by atoms with Crippen LogP contribution in [0.1, 0.15) is 37.5 Å². The molecule has 1 heterocycles. The van der Waals surface area contributed by atoms with Crippen LogP contribution in [0.5, 0.6) is 0 Å². The summed E-state index contributed by atoms with van der Waals surface area (Å²) in [5.74, 6) is 0.577. The van der Waals surface area contributed by atoms with Gasteiger partial charge in [-0.05, 0) is 41.9 Å². The molecule has 1 unspecified atom stereocenters. The third-order valence-electron chi connectivity index (χ3n) is 2.58. The lowest BCUT2D eigenvalue weighted by Crippen LogP contribution is -2.22. The van der Waals surface area contributed by atoms with E-state index in [0.717, 1.165) is 6.26 Å². The first-order chi connectivity index (χ1) is 8.12. The Morgan fingerprint density at radius 2 is 1.89 bits per heavy atom. The van der Waals surface area contributed by atoms with Gasteiger partial charge in [-0.15, -0.1) is 0 Å². The molecule has 1 N–H and O–H groups in total. The van der Waals surface area contributed by atoms with E-state index in [9.17, 15) is 13.2 Å². The van der Waals surface area contributed by atoms with Crippen molar-refractivity contribution in [1.82, 2.24) is 9.97 Å². The molecule has 0 bridgehead atoms. The number of sulfone groups is 1. The van der Waals surface area contributed by atoms with Crippen LogP contribution in [0.15, 0.2) is 4.79 Å². The minimum Gasteiger partial charge on any atom is -0.309 e. The van der Waals surface area contributed by atoms with Crippen molar-refractivity contribution >= 4 is 32.4 Å². The Hall–Kier alpha value is -0.440. The highest BCUT2D eigenvalue weighted by Gasteiger charge is 2.22. The normalized spacial score (nSPS) is 13.9. The van der Waals surface area contributed by atoms with Gasteiger partial charge in [-0.1, -0.05) is 13.8 Å². The van der Waals surface area contributed by atoms with Gasteiger partial charge in [0.1, 0.15) is 11.1 Å². The highest BCUT2D eigenvalue weighted by molar-refractivity contribution is 14.1. The Balaban J connectivity index is 3.33. The van der Waals surface area contributed by atoms with Crippen LogP contribution >= 0.6 is 22.6 Å². The van der Waals surface area contributed by atoms with Crippen molar-refractivity contribution in [1.29, 1.82) is 0 Å².